The maximum absolute atomic E-state index is 13.2. The molecule has 9 nitrogen and oxygen atoms in total. The summed E-state index contributed by atoms with van der Waals surface area (Å²) >= 11 is 0. The molecule has 3 aromatic rings. The van der Waals surface area contributed by atoms with E-state index in [0.717, 1.165) is 18.4 Å². The van der Waals surface area contributed by atoms with Gasteiger partial charge < -0.3 is 20.1 Å². The number of carbonyl (C=O) groups excluding carboxylic acids is 2. The van der Waals surface area contributed by atoms with Crippen LogP contribution in [0, 0.1) is 5.41 Å². The second-order valence-electron chi connectivity index (χ2n) is 9.15. The maximum atomic E-state index is 13.2. The highest BCUT2D eigenvalue weighted by Gasteiger charge is 2.30. The second-order valence-corrected chi connectivity index (χ2v) is 9.15. The Labute approximate surface area is 206 Å². The number of hydrogen-bond donors (Lipinski definition) is 3. The third-order valence-corrected chi connectivity index (χ3v) is 6.10. The van der Waals surface area contributed by atoms with Gasteiger partial charge in [-0.15, -0.1) is 0 Å². The van der Waals surface area contributed by atoms with Crippen molar-refractivity contribution >= 4 is 23.3 Å². The molecule has 1 aliphatic rings. The minimum absolute atomic E-state index is 0.0191. The maximum Gasteiger partial charge on any atom is 0.387 e. The van der Waals surface area contributed by atoms with Crippen LogP contribution in [-0.4, -0.2) is 46.8 Å². The van der Waals surface area contributed by atoms with Crippen molar-refractivity contribution in [3.63, 3.8) is 0 Å². The molecule has 4 rings (SSSR count). The first-order chi connectivity index (χ1) is 17.0. The number of halogens is 2. The summed E-state index contributed by atoms with van der Waals surface area (Å²) < 4.78 is 38.3. The van der Waals surface area contributed by atoms with Gasteiger partial charge in [0.1, 0.15) is 28.5 Å². The molecule has 0 atom stereocenters. The van der Waals surface area contributed by atoms with Gasteiger partial charge in [0.2, 0.25) is 5.91 Å². The molecule has 0 radical (unpaired) electrons. The summed E-state index contributed by atoms with van der Waals surface area (Å²) in [4.78, 5) is 28.6. The molecule has 0 aliphatic heterocycles. The Kier molecular flexibility index (Phi) is 6.66. The molecule has 2 aromatic heterocycles. The average Bonchev–Trinajstić information content (AvgIpc) is 3.52. The van der Waals surface area contributed by atoms with Gasteiger partial charge >= 0.3 is 6.61 Å². The smallest absolute Gasteiger partial charge is 0.387 e. The molecule has 0 bridgehead atoms. The minimum atomic E-state index is -3.14. The van der Waals surface area contributed by atoms with Gasteiger partial charge in [-0.2, -0.15) is 8.78 Å². The zero-order chi connectivity index (χ0) is 26.2. The van der Waals surface area contributed by atoms with E-state index in [-0.39, 0.29) is 34.8 Å². The molecule has 1 saturated carbocycles. The normalized spacial score (nSPS) is 13.5. The highest BCUT2D eigenvalue weighted by Crippen LogP contribution is 2.37. The highest BCUT2D eigenvalue weighted by atomic mass is 19.3. The van der Waals surface area contributed by atoms with E-state index in [1.165, 1.54) is 20.1 Å². The molecule has 36 heavy (non-hydrogen) atoms. The van der Waals surface area contributed by atoms with Crippen LogP contribution in [-0.2, 0) is 10.2 Å². The number of nitrogens with zero attached hydrogens (tertiary/aromatic N) is 2. The Bertz CT molecular complexity index is 1350. The quantitative estimate of drug-likeness (QED) is 0.321. The van der Waals surface area contributed by atoms with E-state index in [9.17, 15) is 18.4 Å². The summed E-state index contributed by atoms with van der Waals surface area (Å²) in [5, 5.41) is 13.6. The molecule has 2 heterocycles. The molecule has 2 amide bonds. The Hall–Kier alpha value is -4.02. The van der Waals surface area contributed by atoms with Crippen molar-refractivity contribution in [1.82, 2.24) is 20.0 Å². The third-order valence-electron chi connectivity index (χ3n) is 6.10. The first kappa shape index (κ1) is 25.1. The number of nitrogens with one attached hydrogen (secondary N) is 3. The molecule has 3 N–H and O–H groups in total. The van der Waals surface area contributed by atoms with Crippen LogP contribution in [0.15, 0.2) is 36.7 Å². The minimum Gasteiger partial charge on any atom is -0.496 e. The van der Waals surface area contributed by atoms with E-state index in [0.29, 0.717) is 16.9 Å². The van der Waals surface area contributed by atoms with Crippen LogP contribution in [0.2, 0.25) is 0 Å². The summed E-state index contributed by atoms with van der Waals surface area (Å²) in [6, 6.07) is 6.54. The van der Waals surface area contributed by atoms with Crippen molar-refractivity contribution in [3.05, 3.63) is 47.8 Å². The largest absolute Gasteiger partial charge is 0.496 e. The summed E-state index contributed by atoms with van der Waals surface area (Å²) in [6.07, 6.45) is 4.98. The lowest BCUT2D eigenvalue weighted by Crippen LogP contribution is -2.41. The van der Waals surface area contributed by atoms with E-state index in [1.54, 1.807) is 35.0 Å². The zero-order valence-electron chi connectivity index (χ0n) is 20.3. The number of hydrogen-bond acceptors (Lipinski definition) is 6. The third kappa shape index (κ3) is 5.00. The predicted octanol–water partition coefficient (Wildman–Crippen LogP) is 3.89. The van der Waals surface area contributed by atoms with Crippen LogP contribution in [0.5, 0.6) is 11.5 Å². The molecule has 1 fully saturated rings. The molecule has 190 valence electrons. The fourth-order valence-corrected chi connectivity index (χ4v) is 3.86. The SMILES string of the molecule is COc1cc(-c2cnc3cc(C(C)(C)C(=N)NC(C)=O)ccn23)cc(OC(F)F)c1C(=O)NC1CC1. The number of carbonyl (C=O) groups is 2. The molecule has 11 heteroatoms. The van der Waals surface area contributed by atoms with Gasteiger partial charge in [-0.1, -0.05) is 0 Å². The Morgan fingerprint density at radius 3 is 2.53 bits per heavy atom. The number of rotatable bonds is 8. The van der Waals surface area contributed by atoms with Gasteiger partial charge in [0, 0.05) is 30.1 Å². The van der Waals surface area contributed by atoms with Gasteiger partial charge in [0.15, 0.2) is 0 Å². The molecule has 1 aromatic carbocycles. The number of alkyl halides is 2. The van der Waals surface area contributed by atoms with Gasteiger partial charge in [0.05, 0.1) is 19.0 Å². The van der Waals surface area contributed by atoms with E-state index < -0.39 is 17.9 Å². The van der Waals surface area contributed by atoms with Gasteiger partial charge in [-0.25, -0.2) is 4.98 Å². The van der Waals surface area contributed by atoms with Crippen molar-refractivity contribution in [2.45, 2.75) is 51.7 Å². The van der Waals surface area contributed by atoms with Crippen LogP contribution >= 0.6 is 0 Å². The molecule has 1 aliphatic carbocycles. The fraction of sp³-hybridized carbons (Fsp3) is 0.360. The Morgan fingerprint density at radius 2 is 1.92 bits per heavy atom. The highest BCUT2D eigenvalue weighted by molar-refractivity contribution is 6.02. The van der Waals surface area contributed by atoms with E-state index in [2.05, 4.69) is 15.6 Å². The van der Waals surface area contributed by atoms with E-state index >= 15 is 0 Å². The van der Waals surface area contributed by atoms with Crippen LogP contribution in [0.4, 0.5) is 8.78 Å². The number of aromatic nitrogens is 2. The topological polar surface area (TPSA) is 118 Å². The molecule has 0 spiro atoms. The summed E-state index contributed by atoms with van der Waals surface area (Å²) in [5.74, 6) is -1.03. The number of fused-ring (bicyclic) bond motifs is 1. The fourth-order valence-electron chi connectivity index (χ4n) is 3.86. The summed E-state index contributed by atoms with van der Waals surface area (Å²) in [6.45, 7) is 1.83. The van der Waals surface area contributed by atoms with Crippen LogP contribution < -0.4 is 20.1 Å². The van der Waals surface area contributed by atoms with Gasteiger partial charge in [-0.3, -0.25) is 19.4 Å². The Balaban J connectivity index is 1.76. The average molecular weight is 500 g/mol. The number of imidazole rings is 1. The number of amides is 2. The number of amidine groups is 1. The van der Waals surface area contributed by atoms with Crippen molar-refractivity contribution in [3.8, 4) is 22.8 Å². The Morgan fingerprint density at radius 1 is 1.22 bits per heavy atom. The van der Waals surface area contributed by atoms with Crippen molar-refractivity contribution < 1.29 is 27.8 Å². The second kappa shape index (κ2) is 9.56. The van der Waals surface area contributed by atoms with Crippen LogP contribution in [0.1, 0.15) is 49.5 Å². The first-order valence-corrected chi connectivity index (χ1v) is 11.3. The van der Waals surface area contributed by atoms with Crippen molar-refractivity contribution in [1.29, 1.82) is 5.41 Å². The summed E-state index contributed by atoms with van der Waals surface area (Å²) in [7, 11) is 1.35. The molecular formula is C25H27F2N5O4. The molecule has 0 unspecified atom stereocenters. The predicted molar refractivity (Wildman–Crippen MR) is 129 cm³/mol. The number of benzene rings is 1. The summed E-state index contributed by atoms with van der Waals surface area (Å²) in [5.41, 5.74) is 1.41. The van der Waals surface area contributed by atoms with E-state index in [1.807, 2.05) is 13.8 Å². The van der Waals surface area contributed by atoms with Crippen molar-refractivity contribution in [2.24, 2.45) is 0 Å². The lowest BCUT2D eigenvalue weighted by Gasteiger charge is -2.26. The van der Waals surface area contributed by atoms with Crippen LogP contribution in [0.3, 0.4) is 0 Å². The number of methoxy groups -OCH3 is 1. The van der Waals surface area contributed by atoms with Crippen LogP contribution in [0.25, 0.3) is 16.9 Å². The lowest BCUT2D eigenvalue weighted by atomic mass is 9.83. The standard InChI is InChI=1S/C25H27F2N5O4/c1-13(33)30-23(28)25(2,3)15-7-8-32-17(12-29-20(32)11-15)14-9-18(35-4)21(19(10-14)36-24(26)27)22(34)31-16-5-6-16/h7-12,16,24H,5-6H2,1-4H3,(H,31,34)(H2,28,30,33). The first-order valence-electron chi connectivity index (χ1n) is 11.3. The zero-order valence-corrected chi connectivity index (χ0v) is 20.3. The van der Waals surface area contributed by atoms with Gasteiger partial charge in [0.25, 0.3) is 5.91 Å². The molecule has 0 saturated heterocycles. The monoisotopic (exact) mass is 499 g/mol. The van der Waals surface area contributed by atoms with Crippen molar-refractivity contribution in [2.75, 3.05) is 7.11 Å². The lowest BCUT2D eigenvalue weighted by molar-refractivity contribution is -0.117. The van der Waals surface area contributed by atoms with Gasteiger partial charge in [-0.05, 0) is 56.5 Å². The number of pyridine rings is 1. The van der Waals surface area contributed by atoms with E-state index in [4.69, 9.17) is 14.9 Å². The molecular weight excluding hydrogens is 472 g/mol. The number of ether oxygens (including phenoxy) is 2.